The Morgan fingerprint density at radius 1 is 1.05 bits per heavy atom. The highest BCUT2D eigenvalue weighted by atomic mass is 19.1. The maximum Gasteiger partial charge on any atom is 0.245 e. The number of Topliss-reactive ketones (excluding diaryl/α,β-unsaturated/α-hetero) is 1. The minimum absolute atomic E-state index is 0.0140. The Morgan fingerprint density at radius 2 is 1.76 bits per heavy atom. The average molecular weight is 555 g/mol. The molecule has 6 rings (SSSR count). The van der Waals surface area contributed by atoms with E-state index in [4.69, 9.17) is 0 Å². The number of aromatic nitrogens is 4. The van der Waals surface area contributed by atoms with Crippen LogP contribution in [0.1, 0.15) is 54.1 Å². The van der Waals surface area contributed by atoms with Crippen LogP contribution in [-0.4, -0.2) is 54.3 Å². The number of nitrogens with one attached hydrogen (secondary N) is 1. The first-order valence-electron chi connectivity index (χ1n) is 13.7. The lowest BCUT2D eigenvalue weighted by molar-refractivity contribution is -0.140. The van der Waals surface area contributed by atoms with Crippen LogP contribution in [-0.2, 0) is 22.7 Å². The summed E-state index contributed by atoms with van der Waals surface area (Å²) in [6, 6.07) is 9.21. The van der Waals surface area contributed by atoms with Gasteiger partial charge in [-0.05, 0) is 73.1 Å². The van der Waals surface area contributed by atoms with Crippen LogP contribution in [0.2, 0.25) is 0 Å². The van der Waals surface area contributed by atoms with Crippen LogP contribution in [0.25, 0.3) is 22.0 Å². The number of halogens is 1. The van der Waals surface area contributed by atoms with Gasteiger partial charge in [0.1, 0.15) is 29.9 Å². The molecule has 3 heterocycles. The third-order valence-electron chi connectivity index (χ3n) is 8.37. The molecule has 41 heavy (non-hydrogen) atoms. The van der Waals surface area contributed by atoms with Crippen molar-refractivity contribution in [1.82, 2.24) is 30.0 Å². The minimum atomic E-state index is -0.602. The average Bonchev–Trinajstić information content (AvgIpc) is 3.29. The molecule has 2 aromatic heterocycles. The van der Waals surface area contributed by atoms with Gasteiger partial charge in [0.2, 0.25) is 11.8 Å². The number of aryl methyl sites for hydroxylation is 2. The van der Waals surface area contributed by atoms with Gasteiger partial charge in [-0.25, -0.2) is 14.4 Å². The van der Waals surface area contributed by atoms with E-state index in [0.717, 1.165) is 28.7 Å². The van der Waals surface area contributed by atoms with E-state index >= 15 is 0 Å². The molecule has 2 fully saturated rings. The molecule has 3 atom stereocenters. The van der Waals surface area contributed by atoms with Crippen molar-refractivity contribution < 1.29 is 18.8 Å². The van der Waals surface area contributed by atoms with Crippen LogP contribution in [0, 0.1) is 25.1 Å². The Hall–Kier alpha value is -4.47. The summed E-state index contributed by atoms with van der Waals surface area (Å²) in [6.45, 7) is 7.46. The lowest BCUT2D eigenvalue weighted by atomic mass is 10.0. The molecule has 2 aliphatic rings. The van der Waals surface area contributed by atoms with Crippen LogP contribution in [0.4, 0.5) is 4.39 Å². The molecule has 10 heteroatoms. The number of benzene rings is 2. The zero-order chi connectivity index (χ0) is 29.1. The van der Waals surface area contributed by atoms with Crippen LogP contribution in [0.3, 0.4) is 0 Å². The lowest BCUT2D eigenvalue weighted by Gasteiger charge is -2.27. The van der Waals surface area contributed by atoms with Crippen LogP contribution < -0.4 is 5.32 Å². The van der Waals surface area contributed by atoms with Gasteiger partial charge in [0.15, 0.2) is 5.78 Å². The summed E-state index contributed by atoms with van der Waals surface area (Å²) in [4.78, 5) is 49.9. The summed E-state index contributed by atoms with van der Waals surface area (Å²) in [5.41, 5.74) is 4.21. The molecule has 0 unspecified atom stereocenters. The monoisotopic (exact) mass is 554 g/mol. The Kier molecular flexibility index (Phi) is 6.43. The van der Waals surface area contributed by atoms with Gasteiger partial charge in [-0.3, -0.25) is 19.1 Å². The quantitative estimate of drug-likeness (QED) is 0.344. The number of likely N-dealkylation sites (tertiary alicyclic amines) is 1. The molecule has 1 N–H and O–H groups in total. The zero-order valence-corrected chi connectivity index (χ0v) is 23.4. The Balaban J connectivity index is 1.27. The maximum absolute atomic E-state index is 13.8. The summed E-state index contributed by atoms with van der Waals surface area (Å²) in [6.07, 6.45) is 4.91. The van der Waals surface area contributed by atoms with E-state index in [1.807, 2.05) is 26.0 Å². The van der Waals surface area contributed by atoms with Crippen molar-refractivity contribution in [2.75, 3.05) is 0 Å². The first kappa shape index (κ1) is 26.7. The predicted octanol–water partition coefficient (Wildman–Crippen LogP) is 4.15. The molecule has 0 spiro atoms. The molecule has 4 aromatic rings. The molecule has 9 nitrogen and oxygen atoms in total. The fourth-order valence-corrected chi connectivity index (χ4v) is 6.09. The molecular weight excluding hydrogens is 523 g/mol. The topological polar surface area (TPSA) is 110 Å². The number of carbonyl (C=O) groups excluding carboxylic acids is 3. The smallest absolute Gasteiger partial charge is 0.245 e. The first-order chi connectivity index (χ1) is 19.5. The van der Waals surface area contributed by atoms with E-state index in [1.165, 1.54) is 19.1 Å². The van der Waals surface area contributed by atoms with E-state index in [0.29, 0.717) is 23.1 Å². The number of carbonyl (C=O) groups is 3. The number of piperidine rings is 1. The third-order valence-corrected chi connectivity index (χ3v) is 8.37. The summed E-state index contributed by atoms with van der Waals surface area (Å²) < 4.78 is 14.8. The van der Waals surface area contributed by atoms with Crippen molar-refractivity contribution >= 4 is 28.5 Å². The lowest BCUT2D eigenvalue weighted by Crippen LogP contribution is -2.48. The van der Waals surface area contributed by atoms with Gasteiger partial charge in [-0.15, -0.1) is 0 Å². The van der Waals surface area contributed by atoms with E-state index in [2.05, 4.69) is 27.3 Å². The third kappa shape index (κ3) is 4.87. The van der Waals surface area contributed by atoms with E-state index < -0.39 is 6.04 Å². The van der Waals surface area contributed by atoms with Crippen molar-refractivity contribution in [2.45, 2.75) is 65.7 Å². The fraction of sp³-hybridized carbons (Fsp3) is 0.355. The molecule has 0 bridgehead atoms. The second-order valence-electron chi connectivity index (χ2n) is 11.5. The number of nitrogens with zero attached hydrogens (tertiary/aromatic N) is 5. The number of fused-ring (bicyclic) bond motifs is 2. The number of amides is 2. The minimum Gasteiger partial charge on any atom is -0.350 e. The second-order valence-corrected chi connectivity index (χ2v) is 11.5. The van der Waals surface area contributed by atoms with Gasteiger partial charge in [0.25, 0.3) is 0 Å². The van der Waals surface area contributed by atoms with Crippen molar-refractivity contribution in [3.8, 4) is 11.1 Å². The van der Waals surface area contributed by atoms with Gasteiger partial charge in [-0.1, -0.05) is 19.1 Å². The van der Waals surface area contributed by atoms with Gasteiger partial charge >= 0.3 is 0 Å². The molecule has 1 aliphatic heterocycles. The first-order valence-corrected chi connectivity index (χ1v) is 13.7. The highest BCUT2D eigenvalue weighted by Crippen LogP contribution is 2.59. The van der Waals surface area contributed by atoms with E-state index in [-0.39, 0.29) is 53.7 Å². The summed E-state index contributed by atoms with van der Waals surface area (Å²) >= 11 is 0. The normalized spacial score (nSPS) is 21.1. The number of rotatable bonds is 7. The highest BCUT2D eigenvalue weighted by Gasteiger charge is 2.64. The molecule has 1 aliphatic carbocycles. The Bertz CT molecular complexity index is 1700. The number of hydrogen-bond donors (Lipinski definition) is 1. The molecule has 2 aromatic carbocycles. The zero-order valence-electron chi connectivity index (χ0n) is 23.4. The fourth-order valence-electron chi connectivity index (χ4n) is 6.09. The predicted molar refractivity (Wildman–Crippen MR) is 150 cm³/mol. The Morgan fingerprint density at radius 3 is 2.44 bits per heavy atom. The molecule has 2 amide bonds. The second kappa shape index (κ2) is 9.87. The SMILES string of the molecule is CC(=O)c1nn(CC(=O)N2[C@H](C(=O)NCc3ccc(F)cc3)C[C@@]3(C)C[C@@H]23)c2c(C)cc(-c3cnc(C)nc3)cc12. The summed E-state index contributed by atoms with van der Waals surface area (Å²) in [7, 11) is 0. The maximum atomic E-state index is 13.8. The van der Waals surface area contributed by atoms with Crippen molar-refractivity contribution in [2.24, 2.45) is 5.41 Å². The van der Waals surface area contributed by atoms with E-state index in [1.54, 1.807) is 34.1 Å². The largest absolute Gasteiger partial charge is 0.350 e. The van der Waals surface area contributed by atoms with Crippen molar-refractivity contribution in [1.29, 1.82) is 0 Å². The molecule has 210 valence electrons. The summed E-state index contributed by atoms with van der Waals surface area (Å²) in [5, 5.41) is 8.15. The van der Waals surface area contributed by atoms with Crippen LogP contribution in [0.15, 0.2) is 48.8 Å². The van der Waals surface area contributed by atoms with Crippen molar-refractivity contribution in [3.63, 3.8) is 0 Å². The highest BCUT2D eigenvalue weighted by molar-refractivity contribution is 6.07. The number of hydrogen-bond acceptors (Lipinski definition) is 6. The van der Waals surface area contributed by atoms with Crippen LogP contribution in [0.5, 0.6) is 0 Å². The van der Waals surface area contributed by atoms with Gasteiger partial charge in [0, 0.05) is 42.9 Å². The van der Waals surface area contributed by atoms with Gasteiger partial charge in [-0.2, -0.15) is 5.10 Å². The van der Waals surface area contributed by atoms with Gasteiger partial charge < -0.3 is 10.2 Å². The molecule has 1 saturated carbocycles. The summed E-state index contributed by atoms with van der Waals surface area (Å²) in [5.74, 6) is -0.319. The van der Waals surface area contributed by atoms with Crippen molar-refractivity contribution in [3.05, 3.63) is 77.3 Å². The molecule has 0 radical (unpaired) electrons. The number of ketones is 1. The standard InChI is InChI=1S/C31H31FN6O3/c1-17-9-21(22-14-33-19(3)34-15-22)10-24-28(18(2)39)36-37(29(17)24)16-27(40)38-25(11-31(4)12-26(31)38)30(41)35-13-20-5-7-23(32)8-6-20/h5-10,14-15,25-26H,11-13,16H2,1-4H3,(H,35,41)/t25-,26+,31-/m0/s1. The van der Waals surface area contributed by atoms with Gasteiger partial charge in [0.05, 0.1) is 5.52 Å². The molecule has 1 saturated heterocycles. The molecular formula is C31H31FN6O3. The van der Waals surface area contributed by atoms with E-state index in [9.17, 15) is 18.8 Å². The van der Waals surface area contributed by atoms with Crippen LogP contribution >= 0.6 is 0 Å². The Labute approximate surface area is 236 Å².